The van der Waals surface area contributed by atoms with Gasteiger partial charge in [-0.05, 0) is 38.6 Å². The van der Waals surface area contributed by atoms with Gasteiger partial charge in [-0.15, -0.1) is 0 Å². The molecule has 0 radical (unpaired) electrons. The van der Waals surface area contributed by atoms with Crippen molar-refractivity contribution < 1.29 is 9.13 Å². The summed E-state index contributed by atoms with van der Waals surface area (Å²) in [6.07, 6.45) is 1.09. The van der Waals surface area contributed by atoms with Gasteiger partial charge in [0.25, 0.3) is 0 Å². The van der Waals surface area contributed by atoms with Crippen LogP contribution in [0.25, 0.3) is 0 Å². The van der Waals surface area contributed by atoms with Crippen LogP contribution in [0.4, 0.5) is 10.1 Å². The van der Waals surface area contributed by atoms with Crippen LogP contribution in [0.1, 0.15) is 20.3 Å². The minimum absolute atomic E-state index is 0.310. The van der Waals surface area contributed by atoms with Gasteiger partial charge in [0.15, 0.2) is 11.6 Å². The van der Waals surface area contributed by atoms with E-state index in [9.17, 15) is 4.39 Å². The smallest absolute Gasteiger partial charge is 0.167 e. The van der Waals surface area contributed by atoms with E-state index in [2.05, 4.69) is 17.6 Å². The Balaban J connectivity index is 2.54. The molecule has 0 fully saturated rings. The van der Waals surface area contributed by atoms with Crippen molar-refractivity contribution in [2.45, 2.75) is 20.3 Å². The Morgan fingerprint density at radius 3 is 2.61 bits per heavy atom. The predicted octanol–water partition coefficient (Wildman–Crippen LogP) is 2.88. The first-order chi connectivity index (χ1) is 8.71. The summed E-state index contributed by atoms with van der Waals surface area (Å²) >= 11 is 0. The standard InChI is InChI=1S/C14H23FN2O/c1-4-11(9-16-3)10-17-12-6-7-14(18-5-2)13(15)8-12/h6-8,11,16-17H,4-5,9-10H2,1-3H3. The lowest BCUT2D eigenvalue weighted by Gasteiger charge is -2.16. The summed E-state index contributed by atoms with van der Waals surface area (Å²) in [6, 6.07) is 5.00. The molecule has 0 bridgehead atoms. The van der Waals surface area contributed by atoms with Crippen molar-refractivity contribution in [2.75, 3.05) is 32.1 Å². The van der Waals surface area contributed by atoms with Crippen LogP contribution in [0, 0.1) is 11.7 Å². The highest BCUT2D eigenvalue weighted by Crippen LogP contribution is 2.21. The highest BCUT2D eigenvalue weighted by atomic mass is 19.1. The molecule has 1 atom stereocenters. The van der Waals surface area contributed by atoms with Gasteiger partial charge in [-0.3, -0.25) is 0 Å². The Bertz CT molecular complexity index is 358. The highest BCUT2D eigenvalue weighted by molar-refractivity contribution is 5.47. The van der Waals surface area contributed by atoms with E-state index in [1.807, 2.05) is 20.0 Å². The fourth-order valence-electron chi connectivity index (χ4n) is 1.80. The summed E-state index contributed by atoms with van der Waals surface area (Å²) in [6.45, 7) is 6.27. The Kier molecular flexibility index (Phi) is 6.50. The number of hydrogen-bond donors (Lipinski definition) is 2. The molecule has 0 aliphatic heterocycles. The second-order valence-electron chi connectivity index (χ2n) is 4.29. The Morgan fingerprint density at radius 1 is 1.28 bits per heavy atom. The van der Waals surface area contributed by atoms with Gasteiger partial charge in [-0.2, -0.15) is 0 Å². The molecule has 0 saturated carbocycles. The van der Waals surface area contributed by atoms with Gasteiger partial charge in [-0.25, -0.2) is 4.39 Å². The summed E-state index contributed by atoms with van der Waals surface area (Å²) in [7, 11) is 1.94. The van der Waals surface area contributed by atoms with Gasteiger partial charge >= 0.3 is 0 Å². The van der Waals surface area contributed by atoms with Crippen LogP contribution in [0.2, 0.25) is 0 Å². The van der Waals surface area contributed by atoms with Gasteiger partial charge in [0.05, 0.1) is 6.61 Å². The lowest BCUT2D eigenvalue weighted by molar-refractivity contribution is 0.321. The average molecular weight is 254 g/mol. The molecular formula is C14H23FN2O. The summed E-state index contributed by atoms with van der Waals surface area (Å²) in [5, 5.41) is 6.41. The minimum Gasteiger partial charge on any atom is -0.491 e. The maximum atomic E-state index is 13.6. The molecule has 18 heavy (non-hydrogen) atoms. The van der Waals surface area contributed by atoms with Crippen LogP contribution >= 0.6 is 0 Å². The highest BCUT2D eigenvalue weighted by Gasteiger charge is 2.07. The molecule has 4 heteroatoms. The molecule has 0 aliphatic rings. The SMILES string of the molecule is CCOc1ccc(NCC(CC)CNC)cc1F. The molecule has 3 nitrogen and oxygen atoms in total. The van der Waals surface area contributed by atoms with Crippen molar-refractivity contribution in [1.29, 1.82) is 0 Å². The fourth-order valence-corrected chi connectivity index (χ4v) is 1.80. The first kappa shape index (κ1) is 14.8. The third-order valence-corrected chi connectivity index (χ3v) is 2.90. The maximum Gasteiger partial charge on any atom is 0.167 e. The maximum absolute atomic E-state index is 13.6. The van der Waals surface area contributed by atoms with Crippen molar-refractivity contribution in [3.05, 3.63) is 24.0 Å². The lowest BCUT2D eigenvalue weighted by atomic mass is 10.1. The summed E-state index contributed by atoms with van der Waals surface area (Å²) in [5.41, 5.74) is 0.797. The second kappa shape index (κ2) is 7.93. The zero-order valence-corrected chi connectivity index (χ0v) is 11.4. The van der Waals surface area contributed by atoms with Crippen LogP contribution in [0.15, 0.2) is 18.2 Å². The monoisotopic (exact) mass is 254 g/mol. The minimum atomic E-state index is -0.316. The predicted molar refractivity (Wildman–Crippen MR) is 73.8 cm³/mol. The van der Waals surface area contributed by atoms with Crippen molar-refractivity contribution in [3.8, 4) is 5.75 Å². The van der Waals surface area contributed by atoms with Gasteiger partial charge in [0.2, 0.25) is 0 Å². The molecule has 1 rings (SSSR count). The quantitative estimate of drug-likeness (QED) is 0.748. The first-order valence-electron chi connectivity index (χ1n) is 6.52. The molecule has 1 unspecified atom stereocenters. The third-order valence-electron chi connectivity index (χ3n) is 2.90. The summed E-state index contributed by atoms with van der Waals surface area (Å²) in [5.74, 6) is 0.540. The fraction of sp³-hybridized carbons (Fsp3) is 0.571. The third kappa shape index (κ3) is 4.53. The number of hydrogen-bond acceptors (Lipinski definition) is 3. The van der Waals surface area contributed by atoms with E-state index >= 15 is 0 Å². The molecule has 0 spiro atoms. The zero-order chi connectivity index (χ0) is 13.4. The Labute approximate surface area is 109 Å². The van der Waals surface area contributed by atoms with E-state index < -0.39 is 0 Å². The lowest BCUT2D eigenvalue weighted by Crippen LogP contribution is -2.24. The summed E-state index contributed by atoms with van der Waals surface area (Å²) in [4.78, 5) is 0. The molecule has 0 saturated heterocycles. The molecule has 2 N–H and O–H groups in total. The van der Waals surface area contributed by atoms with Crippen molar-refractivity contribution in [3.63, 3.8) is 0 Å². The number of anilines is 1. The van der Waals surface area contributed by atoms with Gasteiger partial charge < -0.3 is 15.4 Å². The van der Waals surface area contributed by atoms with E-state index in [-0.39, 0.29) is 5.82 Å². The molecule has 102 valence electrons. The van der Waals surface area contributed by atoms with Gasteiger partial charge in [0, 0.05) is 18.3 Å². The molecule has 1 aromatic rings. The van der Waals surface area contributed by atoms with Crippen LogP contribution in [-0.4, -0.2) is 26.7 Å². The van der Waals surface area contributed by atoms with Gasteiger partial charge in [-0.1, -0.05) is 13.3 Å². The van der Waals surface area contributed by atoms with Crippen LogP contribution in [0.3, 0.4) is 0 Å². The van der Waals surface area contributed by atoms with E-state index in [0.717, 1.165) is 25.2 Å². The largest absolute Gasteiger partial charge is 0.491 e. The number of ether oxygens (including phenoxy) is 1. The van der Waals surface area contributed by atoms with E-state index in [0.29, 0.717) is 18.3 Å². The number of halogens is 1. The molecular weight excluding hydrogens is 231 g/mol. The van der Waals surface area contributed by atoms with Crippen LogP contribution in [0.5, 0.6) is 5.75 Å². The second-order valence-corrected chi connectivity index (χ2v) is 4.29. The van der Waals surface area contributed by atoms with Crippen LogP contribution in [-0.2, 0) is 0 Å². The topological polar surface area (TPSA) is 33.3 Å². The number of rotatable bonds is 8. The average Bonchev–Trinajstić information content (AvgIpc) is 2.37. The summed E-state index contributed by atoms with van der Waals surface area (Å²) < 4.78 is 18.8. The Morgan fingerprint density at radius 2 is 2.06 bits per heavy atom. The van der Waals surface area contributed by atoms with Crippen LogP contribution < -0.4 is 15.4 Å². The number of benzene rings is 1. The molecule has 0 aromatic heterocycles. The Hall–Kier alpha value is -1.29. The van der Waals surface area contributed by atoms with Crippen molar-refractivity contribution in [2.24, 2.45) is 5.92 Å². The molecule has 0 heterocycles. The molecule has 1 aromatic carbocycles. The van der Waals surface area contributed by atoms with Crippen molar-refractivity contribution in [1.82, 2.24) is 5.32 Å². The molecule has 0 aliphatic carbocycles. The first-order valence-corrected chi connectivity index (χ1v) is 6.52. The van der Waals surface area contributed by atoms with Gasteiger partial charge in [0.1, 0.15) is 0 Å². The van der Waals surface area contributed by atoms with Crippen molar-refractivity contribution >= 4 is 5.69 Å². The normalized spacial score (nSPS) is 12.2. The molecule has 0 amide bonds. The van der Waals surface area contributed by atoms with E-state index in [1.54, 1.807) is 6.07 Å². The zero-order valence-electron chi connectivity index (χ0n) is 11.4. The number of nitrogens with one attached hydrogen (secondary N) is 2. The van der Waals surface area contributed by atoms with E-state index in [1.165, 1.54) is 6.07 Å². The van der Waals surface area contributed by atoms with E-state index in [4.69, 9.17) is 4.74 Å².